The van der Waals surface area contributed by atoms with Crippen molar-refractivity contribution in [1.29, 1.82) is 0 Å². The predicted molar refractivity (Wildman–Crippen MR) is 61.0 cm³/mol. The predicted octanol–water partition coefficient (Wildman–Crippen LogP) is 2.82. The van der Waals surface area contributed by atoms with Gasteiger partial charge in [0.05, 0.1) is 0 Å². The van der Waals surface area contributed by atoms with Crippen LogP contribution in [-0.4, -0.2) is 20.6 Å². The van der Waals surface area contributed by atoms with Gasteiger partial charge in [0.25, 0.3) is 0 Å². The zero-order valence-electron chi connectivity index (χ0n) is 9.24. The van der Waals surface area contributed by atoms with Crippen molar-refractivity contribution in [2.24, 2.45) is 7.05 Å². The molecule has 0 radical (unpaired) electrons. The topological polar surface area (TPSA) is 55.1 Å². The van der Waals surface area contributed by atoms with Gasteiger partial charge in [-0.2, -0.15) is 0 Å². The van der Waals surface area contributed by atoms with Gasteiger partial charge >= 0.3 is 5.97 Å². The maximum Gasteiger partial charge on any atom is 0.357 e. The van der Waals surface area contributed by atoms with Gasteiger partial charge in [-0.15, -0.1) is 0 Å². The Morgan fingerprint density at radius 3 is 2.56 bits per heavy atom. The molecule has 5 heteroatoms. The van der Waals surface area contributed by atoms with Crippen molar-refractivity contribution in [3.8, 4) is 0 Å². The quantitative estimate of drug-likeness (QED) is 0.868. The van der Waals surface area contributed by atoms with Crippen molar-refractivity contribution in [3.05, 3.63) is 16.7 Å². The fourth-order valence-corrected chi connectivity index (χ4v) is 2.57. The maximum absolute atomic E-state index is 10.9. The first-order valence-electron chi connectivity index (χ1n) is 5.56. The smallest absolute Gasteiger partial charge is 0.357 e. The first-order chi connectivity index (χ1) is 7.61. The highest BCUT2D eigenvalue weighted by molar-refractivity contribution is 6.32. The molecule has 4 nitrogen and oxygen atoms in total. The molecule has 0 aromatic carbocycles. The molecule has 1 aliphatic rings. The summed E-state index contributed by atoms with van der Waals surface area (Å²) < 4.78 is 1.71. The Bertz CT molecular complexity index is 408. The third-order valence-corrected chi connectivity index (χ3v) is 3.67. The zero-order chi connectivity index (χ0) is 11.7. The van der Waals surface area contributed by atoms with Crippen molar-refractivity contribution in [2.75, 3.05) is 0 Å². The van der Waals surface area contributed by atoms with Crippen LogP contribution >= 0.6 is 11.6 Å². The lowest BCUT2D eigenvalue weighted by atomic mass is 9.89. The number of nitrogens with zero attached hydrogens (tertiary/aromatic N) is 2. The van der Waals surface area contributed by atoms with E-state index < -0.39 is 5.97 Å². The van der Waals surface area contributed by atoms with Crippen LogP contribution < -0.4 is 0 Å². The number of rotatable bonds is 2. The van der Waals surface area contributed by atoms with E-state index in [2.05, 4.69) is 4.98 Å². The van der Waals surface area contributed by atoms with Crippen molar-refractivity contribution in [3.63, 3.8) is 0 Å². The van der Waals surface area contributed by atoms with Gasteiger partial charge in [0.1, 0.15) is 11.0 Å². The zero-order valence-corrected chi connectivity index (χ0v) is 10.00. The molecule has 16 heavy (non-hydrogen) atoms. The molecule has 0 unspecified atom stereocenters. The van der Waals surface area contributed by atoms with Crippen LogP contribution in [0.2, 0.25) is 5.15 Å². The third kappa shape index (κ3) is 1.94. The Morgan fingerprint density at radius 2 is 2.06 bits per heavy atom. The second-order valence-corrected chi connectivity index (χ2v) is 4.67. The van der Waals surface area contributed by atoms with Gasteiger partial charge in [-0.1, -0.05) is 30.9 Å². The average molecular weight is 243 g/mol. The van der Waals surface area contributed by atoms with E-state index in [0.29, 0.717) is 5.92 Å². The van der Waals surface area contributed by atoms with E-state index in [9.17, 15) is 4.79 Å². The van der Waals surface area contributed by atoms with Crippen LogP contribution in [0, 0.1) is 0 Å². The lowest BCUT2D eigenvalue weighted by molar-refractivity contribution is 0.0691. The summed E-state index contributed by atoms with van der Waals surface area (Å²) in [6, 6.07) is 0. The molecule has 0 bridgehead atoms. The van der Waals surface area contributed by atoms with Crippen LogP contribution in [0.3, 0.4) is 0 Å². The summed E-state index contributed by atoms with van der Waals surface area (Å²) in [5.74, 6) is 0.133. The van der Waals surface area contributed by atoms with Crippen LogP contribution in [0.25, 0.3) is 0 Å². The second kappa shape index (κ2) is 4.45. The van der Waals surface area contributed by atoms with E-state index in [-0.39, 0.29) is 10.8 Å². The summed E-state index contributed by atoms with van der Waals surface area (Å²) in [5, 5.41) is 9.17. The Hall–Kier alpha value is -1.03. The largest absolute Gasteiger partial charge is 0.476 e. The fourth-order valence-electron chi connectivity index (χ4n) is 2.36. The number of hydrogen-bond acceptors (Lipinski definition) is 2. The van der Waals surface area contributed by atoms with Crippen LogP contribution in [0.15, 0.2) is 0 Å². The molecule has 1 saturated carbocycles. The Kier molecular flexibility index (Phi) is 3.19. The van der Waals surface area contributed by atoms with E-state index >= 15 is 0 Å². The summed E-state index contributed by atoms with van der Waals surface area (Å²) in [4.78, 5) is 15.1. The molecular formula is C11H15ClN2O2. The monoisotopic (exact) mass is 242 g/mol. The fraction of sp³-hybridized carbons (Fsp3) is 0.636. The van der Waals surface area contributed by atoms with Crippen LogP contribution in [0.5, 0.6) is 0 Å². The number of carboxylic acid groups (broad SMARTS) is 1. The summed E-state index contributed by atoms with van der Waals surface area (Å²) in [6.07, 6.45) is 5.82. The number of carbonyl (C=O) groups is 1. The van der Waals surface area contributed by atoms with Crippen LogP contribution in [0.4, 0.5) is 0 Å². The van der Waals surface area contributed by atoms with Gasteiger partial charge in [0.15, 0.2) is 5.69 Å². The molecule has 0 spiro atoms. The second-order valence-electron chi connectivity index (χ2n) is 4.31. The minimum atomic E-state index is -1.05. The molecule has 88 valence electrons. The number of imidazole rings is 1. The number of carboxylic acids is 1. The molecule has 1 fully saturated rings. The lowest BCUT2D eigenvalue weighted by Crippen LogP contribution is -2.10. The SMILES string of the molecule is Cn1c(C2CCCCC2)nc(C(=O)O)c1Cl. The van der Waals surface area contributed by atoms with Gasteiger partial charge in [-0.25, -0.2) is 9.78 Å². The molecule has 0 aliphatic heterocycles. The summed E-state index contributed by atoms with van der Waals surface area (Å²) in [6.45, 7) is 0. The normalized spacial score (nSPS) is 17.6. The minimum absolute atomic E-state index is 0.0234. The molecule has 1 N–H and O–H groups in total. The summed E-state index contributed by atoms with van der Waals surface area (Å²) in [5.41, 5.74) is -0.0234. The van der Waals surface area contributed by atoms with Crippen LogP contribution in [0.1, 0.15) is 54.3 Å². The van der Waals surface area contributed by atoms with Crippen molar-refractivity contribution >= 4 is 17.6 Å². The molecule has 1 aromatic rings. The molecular weight excluding hydrogens is 228 g/mol. The van der Waals surface area contributed by atoms with Crippen molar-refractivity contribution in [1.82, 2.24) is 9.55 Å². The number of aromatic nitrogens is 2. The van der Waals surface area contributed by atoms with E-state index in [1.807, 2.05) is 0 Å². The molecule has 0 amide bonds. The standard InChI is InChI=1S/C11H15ClN2O2/c1-14-9(12)8(11(15)16)13-10(14)7-5-3-2-4-6-7/h7H,2-6H2,1H3,(H,15,16). The van der Waals surface area contributed by atoms with E-state index in [0.717, 1.165) is 18.7 Å². The average Bonchev–Trinajstić information content (AvgIpc) is 2.58. The highest BCUT2D eigenvalue weighted by atomic mass is 35.5. The van der Waals surface area contributed by atoms with Gasteiger partial charge in [-0.05, 0) is 12.8 Å². The van der Waals surface area contributed by atoms with Crippen LogP contribution in [-0.2, 0) is 7.05 Å². The van der Waals surface area contributed by atoms with Crippen molar-refractivity contribution < 1.29 is 9.90 Å². The molecule has 1 heterocycles. The summed E-state index contributed by atoms with van der Waals surface area (Å²) >= 11 is 5.95. The molecule has 2 rings (SSSR count). The first-order valence-corrected chi connectivity index (χ1v) is 5.94. The Labute approximate surface area is 99.2 Å². The highest BCUT2D eigenvalue weighted by Gasteiger charge is 2.25. The van der Waals surface area contributed by atoms with Gasteiger partial charge in [0, 0.05) is 13.0 Å². The molecule has 1 aromatic heterocycles. The van der Waals surface area contributed by atoms with Crippen molar-refractivity contribution in [2.45, 2.75) is 38.0 Å². The number of halogens is 1. The van der Waals surface area contributed by atoms with Gasteiger partial charge in [-0.3, -0.25) is 0 Å². The number of hydrogen-bond donors (Lipinski definition) is 1. The third-order valence-electron chi connectivity index (χ3n) is 3.23. The minimum Gasteiger partial charge on any atom is -0.476 e. The highest BCUT2D eigenvalue weighted by Crippen LogP contribution is 2.33. The van der Waals surface area contributed by atoms with Gasteiger partial charge in [0.2, 0.25) is 0 Å². The van der Waals surface area contributed by atoms with Gasteiger partial charge < -0.3 is 9.67 Å². The Balaban J connectivity index is 2.33. The maximum atomic E-state index is 10.9. The molecule has 0 saturated heterocycles. The van der Waals surface area contributed by atoms with E-state index in [1.165, 1.54) is 19.3 Å². The summed E-state index contributed by atoms with van der Waals surface area (Å²) in [7, 11) is 1.78. The van der Waals surface area contributed by atoms with E-state index in [4.69, 9.17) is 16.7 Å². The van der Waals surface area contributed by atoms with E-state index in [1.54, 1.807) is 11.6 Å². The number of aromatic carboxylic acids is 1. The first kappa shape index (κ1) is 11.5. The molecule has 1 aliphatic carbocycles. The Morgan fingerprint density at radius 1 is 1.44 bits per heavy atom. The molecule has 0 atom stereocenters. The lowest BCUT2D eigenvalue weighted by Gasteiger charge is -2.20.